The predicted octanol–water partition coefficient (Wildman–Crippen LogP) is 0.334. The van der Waals surface area contributed by atoms with Crippen molar-refractivity contribution in [2.75, 3.05) is 6.61 Å². The normalized spacial score (nSPS) is 20.6. The van der Waals surface area contributed by atoms with E-state index in [-0.39, 0.29) is 0 Å². The summed E-state index contributed by atoms with van der Waals surface area (Å²) in [4.78, 5) is 52.7. The van der Waals surface area contributed by atoms with Gasteiger partial charge in [-0.1, -0.05) is 0 Å². The molecule has 5 atom stereocenters. The zero-order valence-corrected chi connectivity index (χ0v) is 27.5. The number of ether oxygens (including phenoxy) is 5. The summed E-state index contributed by atoms with van der Waals surface area (Å²) in [5.74, 6) is -19.4. The number of carbonyl (C=O) groups excluding carboxylic acids is 4. The summed E-state index contributed by atoms with van der Waals surface area (Å²) >= 11 is 0. The van der Waals surface area contributed by atoms with Crippen molar-refractivity contribution in [3.8, 4) is 80.1 Å². The second kappa shape index (κ2) is 14.0. The third-order valence-electron chi connectivity index (χ3n) is 8.47. The number of rotatable bonds is 4. The van der Waals surface area contributed by atoms with Gasteiger partial charge in [-0.25, -0.2) is 19.2 Å². The smallest absolute Gasteiger partial charge is 0.344 e. The molecule has 2 heterocycles. The molecule has 4 aromatic carbocycles. The van der Waals surface area contributed by atoms with Crippen molar-refractivity contribution in [3.05, 3.63) is 58.7 Å². The molecular formula is C34H26O22. The first-order valence-corrected chi connectivity index (χ1v) is 15.5. The Labute approximate surface area is 309 Å². The summed E-state index contributed by atoms with van der Waals surface area (Å²) in [5.41, 5.74) is -5.00. The maximum absolute atomic E-state index is 13.6. The number of benzene rings is 4. The Bertz CT molecular complexity index is 2290. The molecule has 0 unspecified atom stereocenters. The molecule has 2 aliphatic heterocycles. The minimum Gasteiger partial charge on any atom is -0.504 e. The van der Waals surface area contributed by atoms with Gasteiger partial charge in [0.2, 0.25) is 23.5 Å². The fourth-order valence-corrected chi connectivity index (χ4v) is 5.68. The first-order valence-electron chi connectivity index (χ1n) is 15.5. The zero-order chi connectivity index (χ0) is 41.1. The van der Waals surface area contributed by atoms with Crippen molar-refractivity contribution in [2.45, 2.75) is 30.7 Å². The van der Waals surface area contributed by atoms with Crippen LogP contribution in [0.3, 0.4) is 0 Å². The number of hydrogen-bond donors (Lipinski definition) is 13. The van der Waals surface area contributed by atoms with Gasteiger partial charge in [-0.05, 0) is 36.4 Å². The highest BCUT2D eigenvalue weighted by Crippen LogP contribution is 2.53. The van der Waals surface area contributed by atoms with E-state index < -0.39 is 164 Å². The van der Waals surface area contributed by atoms with Crippen LogP contribution in [0.4, 0.5) is 0 Å². The minimum atomic E-state index is -2.32. The van der Waals surface area contributed by atoms with Gasteiger partial charge in [-0.2, -0.15) is 0 Å². The van der Waals surface area contributed by atoms with Gasteiger partial charge in [0.1, 0.15) is 18.8 Å². The number of aliphatic hydroxyl groups is 2. The molecule has 0 aromatic heterocycles. The monoisotopic (exact) mass is 786 g/mol. The molecule has 1 fully saturated rings. The summed E-state index contributed by atoms with van der Waals surface area (Å²) < 4.78 is 25.9. The van der Waals surface area contributed by atoms with Crippen molar-refractivity contribution < 1.29 is 109 Å². The van der Waals surface area contributed by atoms with Gasteiger partial charge in [-0.3, -0.25) is 0 Å². The highest BCUT2D eigenvalue weighted by Gasteiger charge is 2.50. The van der Waals surface area contributed by atoms with Crippen molar-refractivity contribution in [3.63, 3.8) is 0 Å². The number of cyclic esters (lactones) is 1. The first-order chi connectivity index (χ1) is 26.3. The lowest BCUT2D eigenvalue weighted by Gasteiger charge is -2.41. The van der Waals surface area contributed by atoms with Crippen LogP contribution in [0.2, 0.25) is 0 Å². The lowest BCUT2D eigenvalue weighted by atomic mass is 9.91. The van der Waals surface area contributed by atoms with Crippen LogP contribution in [-0.4, -0.2) is 128 Å². The number of hydrogen-bond acceptors (Lipinski definition) is 22. The third kappa shape index (κ3) is 6.50. The summed E-state index contributed by atoms with van der Waals surface area (Å²) in [6.07, 6.45) is -10.7. The van der Waals surface area contributed by atoms with Crippen LogP contribution in [0, 0.1) is 0 Å². The molecule has 6 rings (SSSR count). The topological polar surface area (TPSA) is 377 Å². The van der Waals surface area contributed by atoms with Crippen LogP contribution in [0.15, 0.2) is 36.4 Å². The summed E-state index contributed by atoms with van der Waals surface area (Å²) in [7, 11) is 0. The van der Waals surface area contributed by atoms with Crippen LogP contribution in [0.5, 0.6) is 69.0 Å². The Hall–Kier alpha value is -7.56. The van der Waals surface area contributed by atoms with E-state index in [0.717, 1.165) is 0 Å². The molecule has 0 spiro atoms. The Balaban J connectivity index is 1.31. The van der Waals surface area contributed by atoms with Crippen LogP contribution in [-0.2, 0) is 18.9 Å². The number of phenolic OH excluding ortho intramolecular Hbond substituents is 11. The Morgan fingerprint density at radius 1 is 0.571 bits per heavy atom. The molecule has 2 bridgehead atoms. The van der Waals surface area contributed by atoms with Crippen LogP contribution < -0.4 is 4.74 Å². The van der Waals surface area contributed by atoms with Gasteiger partial charge in [0.15, 0.2) is 64.0 Å². The van der Waals surface area contributed by atoms with Gasteiger partial charge in [0.05, 0.1) is 22.3 Å². The van der Waals surface area contributed by atoms with E-state index in [9.17, 15) is 85.6 Å². The average molecular weight is 787 g/mol. The standard InChI is InChI=1S/C34H26O22/c35-12-1-8(2-13(36)21(12)41)30(48)54-28-16(39)3-9(4-17(28)40)31(49)56-34-27(47)29-24(44)18(53-34)7-52-32(50)10-5-14(37)22(42)25(45)19(10)20-11(33(51)55-29)6-15(38)23(43)26(20)46/h1-6,18,24,27,29,34-47H,7H2/t18-,24-,27-,29+,34+/m1/s1. The highest BCUT2D eigenvalue weighted by molar-refractivity contribution is 6.08. The van der Waals surface area contributed by atoms with Gasteiger partial charge in [0, 0.05) is 11.1 Å². The molecule has 0 radical (unpaired) electrons. The van der Waals surface area contributed by atoms with Gasteiger partial charge < -0.3 is 90.1 Å². The molecule has 0 saturated carbocycles. The molecule has 0 aliphatic carbocycles. The average Bonchev–Trinajstić information content (AvgIpc) is 3.14. The number of phenols is 11. The van der Waals surface area contributed by atoms with Gasteiger partial charge in [0.25, 0.3) is 0 Å². The van der Waals surface area contributed by atoms with Crippen molar-refractivity contribution in [1.82, 2.24) is 0 Å². The molecule has 0 amide bonds. The predicted molar refractivity (Wildman–Crippen MR) is 174 cm³/mol. The van der Waals surface area contributed by atoms with E-state index in [1.165, 1.54) is 0 Å². The zero-order valence-electron chi connectivity index (χ0n) is 27.5. The number of aromatic hydroxyl groups is 11. The number of fused-ring (bicyclic) bond motifs is 5. The number of aliphatic hydroxyl groups excluding tert-OH is 2. The molecule has 1 saturated heterocycles. The second-order valence-corrected chi connectivity index (χ2v) is 12.0. The largest absolute Gasteiger partial charge is 0.504 e. The van der Waals surface area contributed by atoms with E-state index in [1.54, 1.807) is 0 Å². The first kappa shape index (κ1) is 38.2. The van der Waals surface area contributed by atoms with E-state index in [0.29, 0.717) is 36.4 Å². The number of carbonyl (C=O) groups is 4. The molecule has 22 heteroatoms. The van der Waals surface area contributed by atoms with E-state index >= 15 is 0 Å². The second-order valence-electron chi connectivity index (χ2n) is 12.0. The van der Waals surface area contributed by atoms with Crippen molar-refractivity contribution in [1.29, 1.82) is 0 Å². The lowest BCUT2D eigenvalue weighted by molar-refractivity contribution is -0.284. The van der Waals surface area contributed by atoms with Crippen molar-refractivity contribution in [2.24, 2.45) is 0 Å². The Morgan fingerprint density at radius 3 is 1.57 bits per heavy atom. The Morgan fingerprint density at radius 2 is 1.04 bits per heavy atom. The fraction of sp³-hybridized carbons (Fsp3) is 0.176. The van der Waals surface area contributed by atoms with E-state index in [2.05, 4.69) is 0 Å². The van der Waals surface area contributed by atoms with Crippen LogP contribution in [0.25, 0.3) is 11.1 Å². The molecule has 294 valence electrons. The summed E-state index contributed by atoms with van der Waals surface area (Å²) in [6.45, 7) is -1.02. The third-order valence-corrected chi connectivity index (χ3v) is 8.47. The minimum absolute atomic E-state index is 0.475. The maximum Gasteiger partial charge on any atom is 0.344 e. The SMILES string of the molecule is O=C(Oc1c(O)cc(C(=O)O[C@@H]2O[C@@H]3COC(=O)c4cc(O)c(O)c(O)c4-c4c(cc(O)c(O)c4O)C(=O)O[C@H]([C@H]2O)[C@@H]3O)cc1O)c1cc(O)c(O)c(O)c1. The lowest BCUT2D eigenvalue weighted by Crippen LogP contribution is -2.61. The van der Waals surface area contributed by atoms with Crippen molar-refractivity contribution >= 4 is 23.9 Å². The summed E-state index contributed by atoms with van der Waals surface area (Å²) in [6, 6.07) is 3.59. The fourth-order valence-electron chi connectivity index (χ4n) is 5.68. The Kier molecular flexibility index (Phi) is 9.55. The number of esters is 4. The molecule has 22 nitrogen and oxygen atoms in total. The van der Waals surface area contributed by atoms with Crippen LogP contribution in [0.1, 0.15) is 41.4 Å². The molecule has 13 N–H and O–H groups in total. The highest BCUT2D eigenvalue weighted by atomic mass is 16.7. The molecule has 56 heavy (non-hydrogen) atoms. The maximum atomic E-state index is 13.6. The molecule has 2 aliphatic rings. The van der Waals surface area contributed by atoms with E-state index in [4.69, 9.17) is 23.7 Å². The molecular weight excluding hydrogens is 760 g/mol. The molecule has 4 aromatic rings. The van der Waals surface area contributed by atoms with Crippen LogP contribution >= 0.6 is 0 Å². The van der Waals surface area contributed by atoms with Gasteiger partial charge >= 0.3 is 23.9 Å². The van der Waals surface area contributed by atoms with E-state index in [1.807, 2.05) is 0 Å². The quantitative estimate of drug-likeness (QED) is 0.0573. The summed E-state index contributed by atoms with van der Waals surface area (Å²) in [5, 5.41) is 134. The van der Waals surface area contributed by atoms with Gasteiger partial charge in [-0.15, -0.1) is 0 Å².